The Morgan fingerprint density at radius 1 is 1.36 bits per heavy atom. The lowest BCUT2D eigenvalue weighted by atomic mass is 10.1. The SMILES string of the molecule is C=C(CC)C(=O)OC(C)(C)C(=O)OC. The maximum Gasteiger partial charge on any atom is 0.349 e. The number of methoxy groups -OCH3 is 1. The first-order valence-electron chi connectivity index (χ1n) is 4.34. The van der Waals surface area contributed by atoms with Gasteiger partial charge in [-0.05, 0) is 20.3 Å². The van der Waals surface area contributed by atoms with Crippen molar-refractivity contribution in [2.75, 3.05) is 7.11 Å². The topological polar surface area (TPSA) is 52.6 Å². The molecule has 0 fully saturated rings. The predicted molar refractivity (Wildman–Crippen MR) is 51.6 cm³/mol. The summed E-state index contributed by atoms with van der Waals surface area (Å²) in [5.74, 6) is -1.15. The van der Waals surface area contributed by atoms with Gasteiger partial charge < -0.3 is 9.47 Å². The Morgan fingerprint density at radius 2 is 1.86 bits per heavy atom. The molecule has 0 saturated heterocycles. The number of hydrogen-bond acceptors (Lipinski definition) is 4. The van der Waals surface area contributed by atoms with Gasteiger partial charge in [0, 0.05) is 5.57 Å². The van der Waals surface area contributed by atoms with Crippen LogP contribution in [0, 0.1) is 0 Å². The van der Waals surface area contributed by atoms with Gasteiger partial charge in [0.15, 0.2) is 0 Å². The van der Waals surface area contributed by atoms with Gasteiger partial charge in [0.25, 0.3) is 0 Å². The molecule has 80 valence electrons. The summed E-state index contributed by atoms with van der Waals surface area (Å²) in [7, 11) is 1.24. The fraction of sp³-hybridized carbons (Fsp3) is 0.600. The van der Waals surface area contributed by atoms with Crippen LogP contribution in [0.25, 0.3) is 0 Å². The molecule has 0 rings (SSSR count). The Bertz CT molecular complexity index is 253. The van der Waals surface area contributed by atoms with E-state index in [1.54, 1.807) is 6.92 Å². The highest BCUT2D eigenvalue weighted by molar-refractivity contribution is 5.91. The fourth-order valence-electron chi connectivity index (χ4n) is 0.736. The second-order valence-electron chi connectivity index (χ2n) is 3.35. The number of rotatable bonds is 4. The lowest BCUT2D eigenvalue weighted by molar-refractivity contribution is -0.174. The van der Waals surface area contributed by atoms with Crippen molar-refractivity contribution in [3.8, 4) is 0 Å². The highest BCUT2D eigenvalue weighted by Crippen LogP contribution is 2.14. The molecular formula is C10H16O4. The largest absolute Gasteiger partial charge is 0.466 e. The van der Waals surface area contributed by atoms with Gasteiger partial charge in [0.2, 0.25) is 5.60 Å². The minimum Gasteiger partial charge on any atom is -0.466 e. The zero-order valence-electron chi connectivity index (χ0n) is 9.05. The first-order valence-corrected chi connectivity index (χ1v) is 4.34. The third kappa shape index (κ3) is 3.20. The maximum absolute atomic E-state index is 11.3. The zero-order valence-corrected chi connectivity index (χ0v) is 9.05. The molecule has 0 aromatic heterocycles. The molecule has 0 atom stereocenters. The molecule has 0 aromatic rings. The molecule has 0 aromatic carbocycles. The van der Waals surface area contributed by atoms with Gasteiger partial charge in [-0.25, -0.2) is 9.59 Å². The molecule has 0 heterocycles. The van der Waals surface area contributed by atoms with Gasteiger partial charge in [-0.2, -0.15) is 0 Å². The van der Waals surface area contributed by atoms with Gasteiger partial charge in [0.1, 0.15) is 0 Å². The zero-order chi connectivity index (χ0) is 11.4. The van der Waals surface area contributed by atoms with Crippen LogP contribution in [0.5, 0.6) is 0 Å². The molecule has 0 bridgehead atoms. The average Bonchev–Trinajstić information content (AvgIpc) is 2.14. The van der Waals surface area contributed by atoms with Crippen LogP contribution < -0.4 is 0 Å². The molecule has 0 radical (unpaired) electrons. The third-order valence-electron chi connectivity index (χ3n) is 1.74. The lowest BCUT2D eigenvalue weighted by Crippen LogP contribution is -2.38. The Morgan fingerprint density at radius 3 is 2.21 bits per heavy atom. The summed E-state index contributed by atoms with van der Waals surface area (Å²) >= 11 is 0. The van der Waals surface area contributed by atoms with Gasteiger partial charge in [-0.1, -0.05) is 13.5 Å². The summed E-state index contributed by atoms with van der Waals surface area (Å²) in [6.45, 7) is 8.25. The third-order valence-corrected chi connectivity index (χ3v) is 1.74. The molecule has 0 amide bonds. The van der Waals surface area contributed by atoms with Crippen molar-refractivity contribution in [1.29, 1.82) is 0 Å². The van der Waals surface area contributed by atoms with E-state index in [1.807, 2.05) is 0 Å². The monoisotopic (exact) mass is 200 g/mol. The first kappa shape index (κ1) is 12.7. The van der Waals surface area contributed by atoms with E-state index in [2.05, 4.69) is 11.3 Å². The van der Waals surface area contributed by atoms with Crippen LogP contribution in [-0.2, 0) is 19.1 Å². The van der Waals surface area contributed by atoms with Gasteiger partial charge in [-0.3, -0.25) is 0 Å². The Kier molecular flexibility index (Phi) is 4.34. The van der Waals surface area contributed by atoms with Crippen LogP contribution in [0.3, 0.4) is 0 Å². The van der Waals surface area contributed by atoms with Gasteiger partial charge in [-0.15, -0.1) is 0 Å². The van der Waals surface area contributed by atoms with Gasteiger partial charge >= 0.3 is 11.9 Å². The average molecular weight is 200 g/mol. The molecular weight excluding hydrogens is 184 g/mol. The summed E-state index contributed by atoms with van der Waals surface area (Å²) in [5, 5.41) is 0. The van der Waals surface area contributed by atoms with Crippen molar-refractivity contribution >= 4 is 11.9 Å². The number of hydrogen-bond donors (Lipinski definition) is 0. The lowest BCUT2D eigenvalue weighted by Gasteiger charge is -2.22. The molecule has 0 spiro atoms. The second-order valence-corrected chi connectivity index (χ2v) is 3.35. The van der Waals surface area contributed by atoms with E-state index in [-0.39, 0.29) is 0 Å². The fourth-order valence-corrected chi connectivity index (χ4v) is 0.736. The molecule has 4 nitrogen and oxygen atoms in total. The van der Waals surface area contributed by atoms with Gasteiger partial charge in [0.05, 0.1) is 7.11 Å². The van der Waals surface area contributed by atoms with E-state index in [1.165, 1.54) is 21.0 Å². The second kappa shape index (κ2) is 4.79. The summed E-state index contributed by atoms with van der Waals surface area (Å²) in [6, 6.07) is 0. The Labute approximate surface area is 83.9 Å². The summed E-state index contributed by atoms with van der Waals surface area (Å²) in [4.78, 5) is 22.4. The van der Waals surface area contributed by atoms with Crippen molar-refractivity contribution in [2.45, 2.75) is 32.8 Å². The first-order chi connectivity index (χ1) is 6.35. The molecule has 14 heavy (non-hydrogen) atoms. The number of esters is 2. The Balaban J connectivity index is 4.44. The summed E-state index contributed by atoms with van der Waals surface area (Å²) < 4.78 is 9.41. The number of carbonyl (C=O) groups excluding carboxylic acids is 2. The molecule has 0 unspecified atom stereocenters. The van der Waals surface area contributed by atoms with E-state index >= 15 is 0 Å². The van der Waals surface area contributed by atoms with Crippen molar-refractivity contribution in [2.24, 2.45) is 0 Å². The van der Waals surface area contributed by atoms with E-state index in [9.17, 15) is 9.59 Å². The number of carbonyl (C=O) groups is 2. The van der Waals surface area contributed by atoms with Crippen molar-refractivity contribution in [3.63, 3.8) is 0 Å². The van der Waals surface area contributed by atoms with Crippen molar-refractivity contribution in [1.82, 2.24) is 0 Å². The molecule has 0 aliphatic heterocycles. The highest BCUT2D eigenvalue weighted by atomic mass is 16.6. The van der Waals surface area contributed by atoms with Crippen LogP contribution in [-0.4, -0.2) is 24.6 Å². The van der Waals surface area contributed by atoms with E-state index in [4.69, 9.17) is 4.74 Å². The molecule has 0 saturated carbocycles. The Hall–Kier alpha value is -1.32. The molecule has 0 aliphatic rings. The summed E-state index contributed by atoms with van der Waals surface area (Å²) in [5.41, 5.74) is -0.925. The summed E-state index contributed by atoms with van der Waals surface area (Å²) in [6.07, 6.45) is 0.496. The van der Waals surface area contributed by atoms with Crippen molar-refractivity contribution in [3.05, 3.63) is 12.2 Å². The minimum atomic E-state index is -1.26. The van der Waals surface area contributed by atoms with E-state index < -0.39 is 17.5 Å². The van der Waals surface area contributed by atoms with Crippen LogP contribution in [0.4, 0.5) is 0 Å². The van der Waals surface area contributed by atoms with Crippen LogP contribution in [0.15, 0.2) is 12.2 Å². The van der Waals surface area contributed by atoms with Crippen LogP contribution in [0.2, 0.25) is 0 Å². The predicted octanol–water partition coefficient (Wildman–Crippen LogP) is 1.45. The molecule has 0 aliphatic carbocycles. The number of ether oxygens (including phenoxy) is 2. The highest BCUT2D eigenvalue weighted by Gasteiger charge is 2.33. The standard InChI is InChI=1S/C10H16O4/c1-6-7(2)8(11)14-10(3,4)9(12)13-5/h2,6H2,1,3-5H3. The maximum atomic E-state index is 11.3. The minimum absolute atomic E-state index is 0.335. The van der Waals surface area contributed by atoms with Crippen LogP contribution in [0.1, 0.15) is 27.2 Å². The molecule has 0 N–H and O–H groups in total. The smallest absolute Gasteiger partial charge is 0.349 e. The molecule has 4 heteroatoms. The van der Waals surface area contributed by atoms with E-state index in [0.29, 0.717) is 12.0 Å². The quantitative estimate of drug-likeness (QED) is 0.509. The normalized spacial score (nSPS) is 10.6. The van der Waals surface area contributed by atoms with E-state index in [0.717, 1.165) is 0 Å². The van der Waals surface area contributed by atoms with Crippen molar-refractivity contribution < 1.29 is 19.1 Å². The van der Waals surface area contributed by atoms with Crippen LogP contribution >= 0.6 is 0 Å².